The quantitative estimate of drug-likeness (QED) is 0.137. The van der Waals surface area contributed by atoms with Crippen LogP contribution in [0.5, 0.6) is 0 Å². The first-order valence-corrected chi connectivity index (χ1v) is 25.5. The van der Waals surface area contributed by atoms with Gasteiger partial charge in [0.2, 0.25) is 12.8 Å². The van der Waals surface area contributed by atoms with Crippen LogP contribution < -0.4 is 0 Å². The predicted octanol–water partition coefficient (Wildman–Crippen LogP) is 11.1. The highest BCUT2D eigenvalue weighted by molar-refractivity contribution is 6.82. The van der Waals surface area contributed by atoms with Crippen molar-refractivity contribution >= 4 is 22.0 Å². The van der Waals surface area contributed by atoms with Crippen molar-refractivity contribution in [1.82, 2.24) is 4.23 Å². The second-order valence-electron chi connectivity index (χ2n) is 18.0. The molecular weight excluding hydrogens is 625 g/mol. The van der Waals surface area contributed by atoms with Crippen LogP contribution in [0.2, 0.25) is 42.3 Å². The van der Waals surface area contributed by atoms with Crippen LogP contribution in [0.15, 0.2) is 46.5 Å². The first-order chi connectivity index (χ1) is 22.7. The molecule has 1 saturated carbocycles. The normalized spacial score (nSPS) is 25.8. The third kappa shape index (κ3) is 6.84. The Kier molecular flexibility index (Phi) is 11.7. The molecule has 1 N–H and O–H groups in total. The van der Waals surface area contributed by atoms with E-state index in [1.54, 1.807) is 0 Å². The molecule has 4 bridgehead atoms. The smallest absolute Gasteiger partial charge is 0.248 e. The summed E-state index contributed by atoms with van der Waals surface area (Å²) in [5, 5.41) is 13.5. The number of hydrogen-bond donors (Lipinski definition) is 1. The summed E-state index contributed by atoms with van der Waals surface area (Å²) in [7, 11) is -3.21. The van der Waals surface area contributed by atoms with Gasteiger partial charge in [-0.1, -0.05) is 107 Å². The van der Waals surface area contributed by atoms with Crippen LogP contribution in [0.4, 0.5) is 0 Å². The highest BCUT2D eigenvalue weighted by atomic mass is 28.3. The second kappa shape index (κ2) is 14.9. The second-order valence-corrected chi connectivity index (χ2v) is 29.3. The monoisotopic (exact) mass is 693 g/mol. The van der Waals surface area contributed by atoms with Crippen molar-refractivity contribution in [2.24, 2.45) is 17.8 Å². The molecule has 268 valence electrons. The Labute approximate surface area is 295 Å². The van der Waals surface area contributed by atoms with Crippen molar-refractivity contribution in [3.8, 4) is 11.5 Å². The third-order valence-corrected chi connectivity index (χ3v) is 20.9. The van der Waals surface area contributed by atoms with Crippen LogP contribution in [0, 0.1) is 17.8 Å². The van der Waals surface area contributed by atoms with Crippen LogP contribution in [0.3, 0.4) is 0 Å². The fourth-order valence-electron chi connectivity index (χ4n) is 10.5. The number of hydrogen-bond acceptors (Lipinski definition) is 3. The fourth-order valence-corrected chi connectivity index (χ4v) is 17.9. The van der Waals surface area contributed by atoms with Crippen molar-refractivity contribution in [3.05, 3.63) is 47.9 Å². The first kappa shape index (κ1) is 37.6. The van der Waals surface area contributed by atoms with Crippen LogP contribution in [0.1, 0.15) is 113 Å². The van der Waals surface area contributed by atoms with Gasteiger partial charge < -0.3 is 18.5 Å². The molecule has 4 atom stereocenters. The van der Waals surface area contributed by atoms with E-state index in [2.05, 4.69) is 120 Å². The van der Waals surface area contributed by atoms with Crippen molar-refractivity contribution in [2.45, 2.75) is 161 Å². The first-order valence-electron chi connectivity index (χ1n) is 19.6. The molecule has 0 spiro atoms. The molecule has 2 unspecified atom stereocenters. The molecule has 7 heteroatoms. The molecule has 0 saturated heterocycles. The van der Waals surface area contributed by atoms with Crippen molar-refractivity contribution in [2.75, 3.05) is 13.3 Å². The number of aromatic nitrogens is 1. The number of furan rings is 1. The Morgan fingerprint density at radius 2 is 1.56 bits per heavy atom. The molecule has 2 aliphatic carbocycles. The lowest BCUT2D eigenvalue weighted by atomic mass is 9.75. The van der Waals surface area contributed by atoms with E-state index in [0.717, 1.165) is 49.1 Å². The Hall–Kier alpha value is -1.68. The van der Waals surface area contributed by atoms with E-state index in [9.17, 15) is 5.11 Å². The lowest BCUT2D eigenvalue weighted by Gasteiger charge is -2.45. The maximum atomic E-state index is 13.5. The van der Waals surface area contributed by atoms with E-state index in [4.69, 9.17) is 9.15 Å². The SMILES string of the molecule is CC(C)[C@H]1C2=CC3=[N+](COCC[Si](C)(C)C)C2C(O)(c2ccc(-c4cccn4[Si](C(C)C)(C(C)C)C(C)C)o2)[C@@H]1CCCCCCCC3. The zero-order valence-corrected chi connectivity index (χ0v) is 34.4. The minimum absolute atomic E-state index is 0.0989. The van der Waals surface area contributed by atoms with E-state index < -0.39 is 21.9 Å². The summed E-state index contributed by atoms with van der Waals surface area (Å²) in [6.07, 6.45) is 14.3. The zero-order valence-electron chi connectivity index (χ0n) is 32.4. The van der Waals surface area contributed by atoms with Gasteiger partial charge in [-0.2, -0.15) is 4.58 Å². The highest BCUT2D eigenvalue weighted by Gasteiger charge is 2.67. The van der Waals surface area contributed by atoms with Gasteiger partial charge in [-0.05, 0) is 77.8 Å². The molecule has 6 rings (SSSR count). The summed E-state index contributed by atoms with van der Waals surface area (Å²) in [5.41, 5.74) is 4.52. The maximum absolute atomic E-state index is 13.5. The molecule has 48 heavy (non-hydrogen) atoms. The number of nitrogens with zero attached hydrogens (tertiary/aromatic N) is 2. The van der Waals surface area contributed by atoms with Gasteiger partial charge in [-0.25, -0.2) is 0 Å². The fraction of sp³-hybridized carbons (Fsp3) is 0.732. The molecule has 0 radical (unpaired) electrons. The van der Waals surface area contributed by atoms with E-state index in [1.807, 2.05) is 0 Å². The standard InChI is InChI=1S/C41H69N2O3Si2/c1-29(2)39-34-27-33-19-16-14-12-13-15-17-20-35(39)41(44,40(34)42(33)28-45-25-26-47(9,10)11)38-23-22-37(46-38)36-21-18-24-43(36)48(30(3)4,31(5)6)32(7)8/h18,21-24,27,29-32,35,39-40,44H,12-17,19-20,25-26,28H2,1-11H3/q+1/t35-,39+,40?,41?/m1/s1. The summed E-state index contributed by atoms with van der Waals surface area (Å²) < 4.78 is 18.7. The third-order valence-electron chi connectivity index (χ3n) is 12.5. The lowest BCUT2D eigenvalue weighted by molar-refractivity contribution is -0.608. The molecule has 0 amide bonds. The number of rotatable bonds is 12. The van der Waals surface area contributed by atoms with Crippen LogP contribution in [-0.4, -0.2) is 55.3 Å². The number of aliphatic hydroxyl groups is 1. The molecule has 2 aromatic heterocycles. The molecule has 4 heterocycles. The molecule has 2 aromatic rings. The van der Waals surface area contributed by atoms with Gasteiger partial charge >= 0.3 is 0 Å². The lowest BCUT2D eigenvalue weighted by Crippen LogP contribution is -2.51. The zero-order chi connectivity index (χ0) is 35.0. The van der Waals surface area contributed by atoms with Gasteiger partial charge in [0.1, 0.15) is 11.5 Å². The summed E-state index contributed by atoms with van der Waals surface area (Å²) >= 11 is 0. The summed E-state index contributed by atoms with van der Waals surface area (Å²) in [4.78, 5) is 0. The molecular formula is C41H69N2O3Si2+. The van der Waals surface area contributed by atoms with Crippen molar-refractivity contribution in [3.63, 3.8) is 0 Å². The number of allylic oxidation sites excluding steroid dienone is 1. The predicted molar refractivity (Wildman–Crippen MR) is 207 cm³/mol. The molecule has 5 nitrogen and oxygen atoms in total. The summed E-state index contributed by atoms with van der Waals surface area (Å²) in [5.74, 6) is 2.46. The minimum atomic E-state index is -2.00. The molecule has 1 fully saturated rings. The number of ether oxygens (including phenoxy) is 1. The van der Waals surface area contributed by atoms with E-state index in [-0.39, 0.29) is 12.0 Å². The van der Waals surface area contributed by atoms with E-state index in [1.165, 1.54) is 43.4 Å². The Balaban J connectivity index is 1.62. The van der Waals surface area contributed by atoms with Gasteiger partial charge in [-0.3, -0.25) is 0 Å². The van der Waals surface area contributed by atoms with Gasteiger partial charge in [0.25, 0.3) is 0 Å². The molecule has 0 aromatic carbocycles. The Morgan fingerprint density at radius 3 is 2.19 bits per heavy atom. The molecule has 4 aliphatic rings. The van der Waals surface area contributed by atoms with Gasteiger partial charge in [0.15, 0.2) is 19.5 Å². The minimum Gasteiger partial charge on any atom is -0.456 e. The Morgan fingerprint density at radius 1 is 0.917 bits per heavy atom. The topological polar surface area (TPSA) is 50.5 Å². The highest BCUT2D eigenvalue weighted by Crippen LogP contribution is 2.58. The largest absolute Gasteiger partial charge is 0.456 e. The van der Waals surface area contributed by atoms with Crippen LogP contribution >= 0.6 is 0 Å². The van der Waals surface area contributed by atoms with Crippen LogP contribution in [-0.2, 0) is 10.3 Å². The number of fused-ring (bicyclic) bond motifs is 7. The van der Waals surface area contributed by atoms with Crippen molar-refractivity contribution < 1.29 is 18.8 Å². The van der Waals surface area contributed by atoms with Crippen molar-refractivity contribution in [1.29, 1.82) is 0 Å². The van der Waals surface area contributed by atoms with Gasteiger partial charge in [-0.15, -0.1) is 0 Å². The maximum Gasteiger partial charge on any atom is 0.248 e. The average molecular weight is 694 g/mol. The summed E-state index contributed by atoms with van der Waals surface area (Å²) in [6, 6.07) is 9.73. The average Bonchev–Trinajstić information content (AvgIpc) is 3.77. The molecule has 2 aliphatic heterocycles. The van der Waals surface area contributed by atoms with E-state index >= 15 is 0 Å². The Bertz CT molecular complexity index is 1420. The van der Waals surface area contributed by atoms with Gasteiger partial charge in [0, 0.05) is 32.1 Å². The van der Waals surface area contributed by atoms with Crippen LogP contribution in [0.25, 0.3) is 11.5 Å². The van der Waals surface area contributed by atoms with Gasteiger partial charge in [0.05, 0.1) is 12.3 Å². The summed E-state index contributed by atoms with van der Waals surface area (Å²) in [6.45, 7) is 27.8. The van der Waals surface area contributed by atoms with E-state index in [0.29, 0.717) is 35.2 Å².